The molecule has 0 atom stereocenters. The third-order valence-corrected chi connectivity index (χ3v) is 5.51. The third-order valence-electron chi connectivity index (χ3n) is 5.51. The summed E-state index contributed by atoms with van der Waals surface area (Å²) in [4.78, 5) is 51.7. The van der Waals surface area contributed by atoms with Crippen LogP contribution in [0.15, 0.2) is 54.6 Å². The molecule has 3 rings (SSSR count). The maximum Gasteiger partial charge on any atom is 0.324 e. The number of esters is 2. The third kappa shape index (κ3) is 6.06. The zero-order valence-electron chi connectivity index (χ0n) is 19.0. The molecule has 1 aliphatic carbocycles. The van der Waals surface area contributed by atoms with E-state index in [9.17, 15) is 19.2 Å². The van der Waals surface area contributed by atoms with Crippen LogP contribution < -0.4 is 5.32 Å². The molecule has 2 aromatic carbocycles. The number of hydrogen-bond acceptors (Lipinski definition) is 6. The topological polar surface area (TPSA) is 98.8 Å². The minimum Gasteiger partial charge on any atom is -0.465 e. The van der Waals surface area contributed by atoms with Crippen molar-refractivity contribution in [1.82, 2.24) is 5.32 Å². The van der Waals surface area contributed by atoms with E-state index < -0.39 is 41.9 Å². The van der Waals surface area contributed by atoms with Gasteiger partial charge in [-0.25, -0.2) is 0 Å². The van der Waals surface area contributed by atoms with Gasteiger partial charge in [0.15, 0.2) is 11.2 Å². The van der Waals surface area contributed by atoms with Gasteiger partial charge in [-0.3, -0.25) is 19.2 Å². The quantitative estimate of drug-likeness (QED) is 0.318. The van der Waals surface area contributed by atoms with E-state index in [1.54, 1.807) is 38.1 Å². The van der Waals surface area contributed by atoms with Gasteiger partial charge >= 0.3 is 11.9 Å². The maximum atomic E-state index is 13.2. The Morgan fingerprint density at radius 1 is 0.818 bits per heavy atom. The van der Waals surface area contributed by atoms with Crippen molar-refractivity contribution in [2.75, 3.05) is 13.2 Å². The predicted molar refractivity (Wildman–Crippen MR) is 122 cm³/mol. The summed E-state index contributed by atoms with van der Waals surface area (Å²) in [5.74, 6) is -2.78. The maximum absolute atomic E-state index is 13.2. The Balaban J connectivity index is 1.88. The van der Waals surface area contributed by atoms with Crippen molar-refractivity contribution in [3.8, 4) is 11.1 Å². The normalized spacial score (nSPS) is 13.2. The Kier molecular flexibility index (Phi) is 7.98. The highest BCUT2D eigenvalue weighted by atomic mass is 16.6. The van der Waals surface area contributed by atoms with Gasteiger partial charge in [-0.15, -0.1) is 0 Å². The zero-order valence-corrected chi connectivity index (χ0v) is 19.0. The summed E-state index contributed by atoms with van der Waals surface area (Å²) in [6.45, 7) is 3.21. The largest absolute Gasteiger partial charge is 0.465 e. The zero-order chi connectivity index (χ0) is 23.8. The van der Waals surface area contributed by atoms with E-state index in [1.807, 2.05) is 30.3 Å². The summed E-state index contributed by atoms with van der Waals surface area (Å²) in [6, 6.07) is 16.6. The molecule has 2 aromatic rings. The average molecular weight is 452 g/mol. The molecule has 1 amide bonds. The minimum absolute atomic E-state index is 0.00416. The molecule has 0 radical (unpaired) electrons. The Morgan fingerprint density at radius 2 is 1.36 bits per heavy atom. The lowest BCUT2D eigenvalue weighted by Gasteiger charge is -2.28. The molecule has 33 heavy (non-hydrogen) atoms. The highest BCUT2D eigenvalue weighted by molar-refractivity contribution is 6.09. The molecular formula is C26H29NO6. The first kappa shape index (κ1) is 24.2. The van der Waals surface area contributed by atoms with Crippen molar-refractivity contribution in [3.63, 3.8) is 0 Å². The molecule has 0 spiro atoms. The fourth-order valence-electron chi connectivity index (χ4n) is 3.61. The number of amides is 1. The van der Waals surface area contributed by atoms with Gasteiger partial charge in [0, 0.05) is 18.0 Å². The predicted octanol–water partition coefficient (Wildman–Crippen LogP) is 3.71. The van der Waals surface area contributed by atoms with Crippen LogP contribution in [0.5, 0.6) is 0 Å². The Bertz CT molecular complexity index is 977. The number of nitrogens with one attached hydrogen (secondary N) is 1. The first-order chi connectivity index (χ1) is 15.9. The van der Waals surface area contributed by atoms with E-state index >= 15 is 0 Å². The van der Waals surface area contributed by atoms with E-state index in [-0.39, 0.29) is 19.3 Å². The molecule has 0 aliphatic heterocycles. The van der Waals surface area contributed by atoms with E-state index in [2.05, 4.69) is 5.32 Å². The van der Waals surface area contributed by atoms with Gasteiger partial charge in [-0.2, -0.15) is 0 Å². The number of ketones is 1. The monoisotopic (exact) mass is 451 g/mol. The molecule has 1 N–H and O–H groups in total. The number of carbonyl (C=O) groups is 4. The lowest BCUT2D eigenvalue weighted by atomic mass is 9.78. The van der Waals surface area contributed by atoms with Crippen LogP contribution in [-0.4, -0.2) is 42.9 Å². The van der Waals surface area contributed by atoms with Crippen LogP contribution in [0.1, 0.15) is 49.9 Å². The molecule has 7 nitrogen and oxygen atoms in total. The standard InChI is InChI=1S/C26H29NO6/c1-3-32-24(30)26(25(31)33-4-2,17-23(29)27-21-14-15-21)16-22(28)20-12-10-19(11-13-20)18-8-6-5-7-9-18/h5-13,21H,3-4,14-17H2,1-2H3,(H,27,29). The molecule has 1 saturated carbocycles. The van der Waals surface area contributed by atoms with Crippen molar-refractivity contribution in [3.05, 3.63) is 60.2 Å². The molecule has 0 heterocycles. The Morgan fingerprint density at radius 3 is 1.88 bits per heavy atom. The molecule has 174 valence electrons. The van der Waals surface area contributed by atoms with Gasteiger partial charge in [0.25, 0.3) is 0 Å². The first-order valence-corrected chi connectivity index (χ1v) is 11.2. The Labute approximate surface area is 193 Å². The average Bonchev–Trinajstić information content (AvgIpc) is 3.63. The highest BCUT2D eigenvalue weighted by Crippen LogP contribution is 2.34. The van der Waals surface area contributed by atoms with Crippen LogP contribution in [0.3, 0.4) is 0 Å². The summed E-state index contributed by atoms with van der Waals surface area (Å²) >= 11 is 0. The second kappa shape index (κ2) is 10.9. The van der Waals surface area contributed by atoms with Crippen LogP contribution in [0.25, 0.3) is 11.1 Å². The lowest BCUT2D eigenvalue weighted by Crippen LogP contribution is -2.47. The fourth-order valence-corrected chi connectivity index (χ4v) is 3.61. The number of ether oxygens (including phenoxy) is 2. The second-order valence-corrected chi connectivity index (χ2v) is 8.08. The molecule has 0 aromatic heterocycles. The van der Waals surface area contributed by atoms with Crippen molar-refractivity contribution < 1.29 is 28.7 Å². The van der Waals surface area contributed by atoms with Gasteiger partial charge in [-0.1, -0.05) is 54.6 Å². The van der Waals surface area contributed by atoms with Crippen LogP contribution in [-0.2, 0) is 23.9 Å². The summed E-state index contributed by atoms with van der Waals surface area (Å²) in [5, 5.41) is 2.78. The number of carbonyl (C=O) groups excluding carboxylic acids is 4. The summed E-state index contributed by atoms with van der Waals surface area (Å²) in [7, 11) is 0. The van der Waals surface area contributed by atoms with E-state index in [0.717, 1.165) is 24.0 Å². The lowest BCUT2D eigenvalue weighted by molar-refractivity contribution is -0.174. The van der Waals surface area contributed by atoms with Crippen LogP contribution in [0.4, 0.5) is 0 Å². The van der Waals surface area contributed by atoms with Crippen LogP contribution in [0.2, 0.25) is 0 Å². The first-order valence-electron chi connectivity index (χ1n) is 11.2. The van der Waals surface area contributed by atoms with Gasteiger partial charge in [0.2, 0.25) is 5.91 Å². The number of benzene rings is 2. The van der Waals surface area contributed by atoms with Crippen LogP contribution in [0, 0.1) is 5.41 Å². The molecular weight excluding hydrogens is 422 g/mol. The summed E-state index contributed by atoms with van der Waals surface area (Å²) < 4.78 is 10.3. The molecule has 1 fully saturated rings. The van der Waals surface area contributed by atoms with Gasteiger partial charge in [-0.05, 0) is 37.8 Å². The highest BCUT2D eigenvalue weighted by Gasteiger charge is 2.52. The van der Waals surface area contributed by atoms with E-state index in [4.69, 9.17) is 9.47 Å². The van der Waals surface area contributed by atoms with Gasteiger partial charge < -0.3 is 14.8 Å². The van der Waals surface area contributed by atoms with E-state index in [1.165, 1.54) is 0 Å². The van der Waals surface area contributed by atoms with Crippen molar-refractivity contribution >= 4 is 23.6 Å². The SMILES string of the molecule is CCOC(=O)C(CC(=O)NC1CC1)(CC(=O)c1ccc(-c2ccccc2)cc1)C(=O)OCC. The smallest absolute Gasteiger partial charge is 0.324 e. The molecule has 1 aliphatic rings. The second-order valence-electron chi connectivity index (χ2n) is 8.08. The van der Waals surface area contributed by atoms with Gasteiger partial charge in [0.05, 0.1) is 19.6 Å². The number of hydrogen-bond donors (Lipinski definition) is 1. The molecule has 0 unspecified atom stereocenters. The summed E-state index contributed by atoms with van der Waals surface area (Å²) in [6.07, 6.45) is 0.678. The van der Waals surface area contributed by atoms with Crippen LogP contribution >= 0.6 is 0 Å². The minimum atomic E-state index is -2.04. The van der Waals surface area contributed by atoms with Crippen molar-refractivity contribution in [2.24, 2.45) is 5.41 Å². The van der Waals surface area contributed by atoms with Crippen molar-refractivity contribution in [2.45, 2.75) is 45.6 Å². The number of Topliss-reactive ketones (excluding diaryl/α,β-unsaturated/α-hetero) is 1. The Hall–Kier alpha value is -3.48. The molecule has 7 heteroatoms. The fraction of sp³-hybridized carbons (Fsp3) is 0.385. The van der Waals surface area contributed by atoms with E-state index in [0.29, 0.717) is 5.56 Å². The van der Waals surface area contributed by atoms with Crippen molar-refractivity contribution in [1.29, 1.82) is 0 Å². The molecule has 0 bridgehead atoms. The van der Waals surface area contributed by atoms with Gasteiger partial charge in [0.1, 0.15) is 0 Å². The molecule has 0 saturated heterocycles. The number of rotatable bonds is 11. The summed E-state index contributed by atoms with van der Waals surface area (Å²) in [5.41, 5.74) is 0.217.